The van der Waals surface area contributed by atoms with Crippen LogP contribution in [0.25, 0.3) is 5.69 Å². The van der Waals surface area contributed by atoms with Gasteiger partial charge in [-0.15, -0.1) is 0 Å². The lowest BCUT2D eigenvalue weighted by Crippen LogP contribution is -2.36. The molecule has 1 unspecified atom stereocenters. The molecular weight excluding hydrogens is 379 g/mol. The van der Waals surface area contributed by atoms with Crippen molar-refractivity contribution in [3.05, 3.63) is 41.7 Å². The van der Waals surface area contributed by atoms with Crippen molar-refractivity contribution in [2.24, 2.45) is 0 Å². The van der Waals surface area contributed by atoms with Gasteiger partial charge in [0.05, 0.1) is 24.6 Å². The summed E-state index contributed by atoms with van der Waals surface area (Å²) in [6.45, 7) is 3.72. The zero-order valence-electron chi connectivity index (χ0n) is 15.5. The van der Waals surface area contributed by atoms with Crippen LogP contribution in [-0.4, -0.2) is 41.4 Å². The number of rotatable bonds is 7. The van der Waals surface area contributed by atoms with Crippen molar-refractivity contribution < 1.29 is 32.2 Å². The summed E-state index contributed by atoms with van der Waals surface area (Å²) in [5.74, 6) is -1.39. The highest BCUT2D eigenvalue weighted by Gasteiger charge is 2.31. The molecule has 0 bridgehead atoms. The molecule has 10 heteroatoms. The Morgan fingerprint density at radius 1 is 1.32 bits per heavy atom. The lowest BCUT2D eigenvalue weighted by Gasteiger charge is -2.12. The number of benzene rings is 1. The first-order chi connectivity index (χ1) is 13.2. The second-order valence-corrected chi connectivity index (χ2v) is 5.88. The molecule has 0 spiro atoms. The number of halogens is 3. The SMILES string of the molecule is CCCNC(=O)C(C)OC(=O)c1nn(-c2cccc(C(F)(F)F)c2)cc1OC. The Morgan fingerprint density at radius 3 is 2.64 bits per heavy atom. The van der Waals surface area contributed by atoms with E-state index in [2.05, 4.69) is 10.4 Å². The zero-order valence-corrected chi connectivity index (χ0v) is 15.5. The molecule has 0 saturated carbocycles. The number of hydrogen-bond acceptors (Lipinski definition) is 5. The molecule has 152 valence electrons. The van der Waals surface area contributed by atoms with Crippen molar-refractivity contribution in [3.63, 3.8) is 0 Å². The molecule has 2 rings (SSSR count). The molecular formula is C18H20F3N3O4. The number of aromatic nitrogens is 2. The summed E-state index contributed by atoms with van der Waals surface area (Å²) in [4.78, 5) is 24.2. The molecule has 0 aliphatic heterocycles. The maximum Gasteiger partial charge on any atom is 0.416 e. The predicted molar refractivity (Wildman–Crippen MR) is 93.3 cm³/mol. The van der Waals surface area contributed by atoms with E-state index in [1.807, 2.05) is 6.92 Å². The number of methoxy groups -OCH3 is 1. The lowest BCUT2D eigenvalue weighted by molar-refractivity contribution is -0.137. The summed E-state index contributed by atoms with van der Waals surface area (Å²) in [7, 11) is 1.28. The minimum absolute atomic E-state index is 0.00331. The highest BCUT2D eigenvalue weighted by Crippen LogP contribution is 2.30. The molecule has 1 amide bonds. The van der Waals surface area contributed by atoms with Crippen LogP contribution in [0.5, 0.6) is 5.75 Å². The molecule has 1 aromatic heterocycles. The van der Waals surface area contributed by atoms with E-state index < -0.39 is 29.7 Å². The van der Waals surface area contributed by atoms with Crippen LogP contribution < -0.4 is 10.1 Å². The fourth-order valence-corrected chi connectivity index (χ4v) is 2.27. The standard InChI is InChI=1S/C18H20F3N3O4/c1-4-8-22-16(25)11(2)28-17(26)15-14(27-3)10-24(23-15)13-7-5-6-12(9-13)18(19,20)21/h5-7,9-11H,4,8H2,1-3H3,(H,22,25). The normalized spacial score (nSPS) is 12.4. The van der Waals surface area contributed by atoms with Crippen LogP contribution in [0.1, 0.15) is 36.3 Å². The van der Waals surface area contributed by atoms with E-state index in [4.69, 9.17) is 9.47 Å². The number of amides is 1. The Morgan fingerprint density at radius 2 is 2.04 bits per heavy atom. The zero-order chi connectivity index (χ0) is 20.9. The number of carbonyl (C=O) groups excluding carboxylic acids is 2. The highest BCUT2D eigenvalue weighted by molar-refractivity contribution is 5.92. The number of alkyl halides is 3. The predicted octanol–water partition coefficient (Wildman–Crippen LogP) is 2.97. The minimum atomic E-state index is -4.52. The van der Waals surface area contributed by atoms with Gasteiger partial charge in [-0.25, -0.2) is 9.48 Å². The van der Waals surface area contributed by atoms with Gasteiger partial charge < -0.3 is 14.8 Å². The second-order valence-electron chi connectivity index (χ2n) is 5.88. The van der Waals surface area contributed by atoms with Gasteiger partial charge in [-0.3, -0.25) is 4.79 Å². The van der Waals surface area contributed by atoms with Crippen molar-refractivity contribution in [1.29, 1.82) is 0 Å². The van der Waals surface area contributed by atoms with Gasteiger partial charge in [0.25, 0.3) is 5.91 Å². The first-order valence-electron chi connectivity index (χ1n) is 8.47. The summed E-state index contributed by atoms with van der Waals surface area (Å²) in [6.07, 6.45) is -3.60. The van der Waals surface area contributed by atoms with Crippen LogP contribution in [-0.2, 0) is 15.7 Å². The number of carbonyl (C=O) groups is 2. The van der Waals surface area contributed by atoms with Gasteiger partial charge in [-0.05, 0) is 31.5 Å². The fraction of sp³-hybridized carbons (Fsp3) is 0.389. The van der Waals surface area contributed by atoms with Crippen LogP contribution in [0.4, 0.5) is 13.2 Å². The van der Waals surface area contributed by atoms with Gasteiger partial charge in [-0.2, -0.15) is 18.3 Å². The topological polar surface area (TPSA) is 82.5 Å². The molecule has 2 aromatic rings. The van der Waals surface area contributed by atoms with Gasteiger partial charge in [0.15, 0.2) is 11.9 Å². The fourth-order valence-electron chi connectivity index (χ4n) is 2.27. The number of nitrogens with one attached hydrogen (secondary N) is 1. The number of ether oxygens (including phenoxy) is 2. The Balaban J connectivity index is 2.25. The monoisotopic (exact) mass is 399 g/mol. The Kier molecular flexibility index (Phi) is 6.66. The summed E-state index contributed by atoms with van der Waals surface area (Å²) in [6, 6.07) is 4.44. The lowest BCUT2D eigenvalue weighted by atomic mass is 10.2. The number of hydrogen-bond donors (Lipinski definition) is 1. The smallest absolute Gasteiger partial charge is 0.416 e. The third kappa shape index (κ3) is 5.02. The van der Waals surface area contributed by atoms with Gasteiger partial charge in [0.2, 0.25) is 5.69 Å². The van der Waals surface area contributed by atoms with Crippen molar-refractivity contribution >= 4 is 11.9 Å². The summed E-state index contributed by atoms with van der Waals surface area (Å²) < 4.78 is 49.9. The molecule has 7 nitrogen and oxygen atoms in total. The van der Waals surface area contributed by atoms with E-state index in [1.54, 1.807) is 0 Å². The average molecular weight is 399 g/mol. The largest absolute Gasteiger partial charge is 0.493 e. The first-order valence-corrected chi connectivity index (χ1v) is 8.47. The van der Waals surface area contributed by atoms with Gasteiger partial charge in [0.1, 0.15) is 0 Å². The van der Waals surface area contributed by atoms with Crippen molar-refractivity contribution in [3.8, 4) is 11.4 Å². The maximum absolute atomic E-state index is 12.9. The van der Waals surface area contributed by atoms with E-state index in [0.29, 0.717) is 6.54 Å². The summed E-state index contributed by atoms with van der Waals surface area (Å²) >= 11 is 0. The molecule has 1 N–H and O–H groups in total. The Bertz CT molecular complexity index is 849. The van der Waals surface area contributed by atoms with Crippen LogP contribution in [0, 0.1) is 0 Å². The van der Waals surface area contributed by atoms with Gasteiger partial charge >= 0.3 is 12.1 Å². The second kappa shape index (κ2) is 8.77. The quantitative estimate of drug-likeness (QED) is 0.724. The molecule has 1 heterocycles. The number of esters is 1. The van der Waals surface area contributed by atoms with Crippen molar-refractivity contribution in [2.45, 2.75) is 32.5 Å². The highest BCUT2D eigenvalue weighted by atomic mass is 19.4. The van der Waals surface area contributed by atoms with E-state index in [0.717, 1.165) is 23.2 Å². The van der Waals surface area contributed by atoms with Gasteiger partial charge in [0, 0.05) is 6.54 Å². The molecule has 1 aromatic carbocycles. The maximum atomic E-state index is 12.9. The Labute approximate surface area is 159 Å². The van der Waals surface area contributed by atoms with Crippen molar-refractivity contribution in [1.82, 2.24) is 15.1 Å². The third-order valence-electron chi connectivity index (χ3n) is 3.73. The van der Waals surface area contributed by atoms with Crippen molar-refractivity contribution in [2.75, 3.05) is 13.7 Å². The average Bonchev–Trinajstić information content (AvgIpc) is 3.10. The third-order valence-corrected chi connectivity index (χ3v) is 3.73. The Hall–Kier alpha value is -3.04. The summed E-state index contributed by atoms with van der Waals surface area (Å²) in [5, 5.41) is 6.56. The molecule has 0 aliphatic carbocycles. The molecule has 1 atom stereocenters. The van der Waals surface area contributed by atoms with Crippen LogP contribution in [0.3, 0.4) is 0 Å². The number of nitrogens with zero attached hydrogens (tertiary/aromatic N) is 2. The van der Waals surface area contributed by atoms with E-state index in [1.165, 1.54) is 32.4 Å². The van der Waals surface area contributed by atoms with E-state index >= 15 is 0 Å². The van der Waals surface area contributed by atoms with E-state index in [-0.39, 0.29) is 17.1 Å². The van der Waals surface area contributed by atoms with Gasteiger partial charge in [-0.1, -0.05) is 13.0 Å². The summed E-state index contributed by atoms with van der Waals surface area (Å²) in [5.41, 5.74) is -1.03. The molecule has 0 aliphatic rings. The molecule has 28 heavy (non-hydrogen) atoms. The molecule has 0 fully saturated rings. The van der Waals surface area contributed by atoms with Crippen LogP contribution in [0.2, 0.25) is 0 Å². The minimum Gasteiger partial charge on any atom is -0.493 e. The van der Waals surface area contributed by atoms with Crippen LogP contribution >= 0.6 is 0 Å². The molecule has 0 radical (unpaired) electrons. The van der Waals surface area contributed by atoms with Crippen LogP contribution in [0.15, 0.2) is 30.5 Å². The molecule has 0 saturated heterocycles. The first kappa shape index (κ1) is 21.3. The van der Waals surface area contributed by atoms with E-state index in [9.17, 15) is 22.8 Å².